The molecule has 0 aliphatic heterocycles. The predicted molar refractivity (Wildman–Crippen MR) is 79.4 cm³/mol. The first-order chi connectivity index (χ1) is 9.56. The summed E-state index contributed by atoms with van der Waals surface area (Å²) >= 11 is 6.21. The Morgan fingerprint density at radius 1 is 1.00 bits per heavy atom. The lowest BCUT2D eigenvalue weighted by atomic mass is 10.1. The van der Waals surface area contributed by atoms with Gasteiger partial charge in [0, 0.05) is 10.9 Å². The Labute approximate surface area is 121 Å². The Balaban J connectivity index is 2.26. The first-order valence-corrected chi connectivity index (χ1v) is 6.63. The molecule has 0 amide bonds. The van der Waals surface area contributed by atoms with Gasteiger partial charge in [0.2, 0.25) is 0 Å². The summed E-state index contributed by atoms with van der Waals surface area (Å²) in [7, 11) is 0. The lowest BCUT2D eigenvalue weighted by Gasteiger charge is -2.07. The van der Waals surface area contributed by atoms with Crippen molar-refractivity contribution in [3.05, 3.63) is 58.5 Å². The van der Waals surface area contributed by atoms with E-state index < -0.39 is 0 Å². The van der Waals surface area contributed by atoms with E-state index in [0.29, 0.717) is 22.1 Å². The highest BCUT2D eigenvalue weighted by molar-refractivity contribution is 6.34. The number of halogens is 2. The van der Waals surface area contributed by atoms with Gasteiger partial charge in [0.25, 0.3) is 0 Å². The third kappa shape index (κ3) is 2.14. The number of aryl methyl sites for hydroxylation is 2. The average molecular weight is 287 g/mol. The molecule has 1 aromatic heterocycles. The van der Waals surface area contributed by atoms with Gasteiger partial charge in [-0.3, -0.25) is 0 Å². The van der Waals surface area contributed by atoms with E-state index >= 15 is 0 Å². The van der Waals surface area contributed by atoms with Crippen molar-refractivity contribution < 1.29 is 4.39 Å². The van der Waals surface area contributed by atoms with Crippen molar-refractivity contribution in [3.63, 3.8) is 0 Å². The van der Waals surface area contributed by atoms with Crippen LogP contribution in [-0.2, 0) is 0 Å². The highest BCUT2D eigenvalue weighted by atomic mass is 35.5. The van der Waals surface area contributed by atoms with Crippen LogP contribution in [0.3, 0.4) is 0 Å². The first kappa shape index (κ1) is 13.0. The number of nitrogens with zero attached hydrogens (tertiary/aromatic N) is 2. The van der Waals surface area contributed by atoms with Crippen LogP contribution in [-0.4, -0.2) is 9.97 Å². The van der Waals surface area contributed by atoms with E-state index in [1.165, 1.54) is 6.07 Å². The predicted octanol–water partition coefficient (Wildman–Crippen LogP) is 4.71. The number of para-hydroxylation sites is 1. The summed E-state index contributed by atoms with van der Waals surface area (Å²) in [6.45, 7) is 3.68. The van der Waals surface area contributed by atoms with Crippen molar-refractivity contribution in [2.45, 2.75) is 13.8 Å². The molecule has 0 aliphatic carbocycles. The van der Waals surface area contributed by atoms with Crippen molar-refractivity contribution in [2.24, 2.45) is 0 Å². The standard InChI is InChI=1S/C16H12ClFN2/c1-9-6-7-11(8-13(9)18)16-19-14-10(2)4-3-5-12(14)15(17)20-16/h3-8H,1-2H3. The van der Waals surface area contributed by atoms with Crippen LogP contribution in [0, 0.1) is 19.7 Å². The molecule has 4 heteroatoms. The Kier molecular flexibility index (Phi) is 3.14. The maximum absolute atomic E-state index is 13.7. The van der Waals surface area contributed by atoms with Crippen molar-refractivity contribution in [1.82, 2.24) is 9.97 Å². The molecule has 0 aliphatic rings. The lowest BCUT2D eigenvalue weighted by molar-refractivity contribution is 0.619. The van der Waals surface area contributed by atoms with E-state index in [1.807, 2.05) is 25.1 Å². The Hall–Kier alpha value is -2.00. The molecule has 20 heavy (non-hydrogen) atoms. The molecule has 0 saturated carbocycles. The normalized spacial score (nSPS) is 11.0. The highest BCUT2D eigenvalue weighted by Gasteiger charge is 2.10. The van der Waals surface area contributed by atoms with Crippen LogP contribution >= 0.6 is 11.6 Å². The maximum atomic E-state index is 13.7. The molecule has 0 bridgehead atoms. The zero-order chi connectivity index (χ0) is 14.3. The minimum Gasteiger partial charge on any atom is -0.228 e. The topological polar surface area (TPSA) is 25.8 Å². The summed E-state index contributed by atoms with van der Waals surface area (Å²) < 4.78 is 13.7. The molecule has 3 rings (SSSR count). The molecule has 0 atom stereocenters. The number of aromatic nitrogens is 2. The zero-order valence-corrected chi connectivity index (χ0v) is 11.9. The van der Waals surface area contributed by atoms with Gasteiger partial charge in [-0.1, -0.05) is 35.9 Å². The van der Waals surface area contributed by atoms with Crippen LogP contribution in [0.2, 0.25) is 5.15 Å². The fourth-order valence-corrected chi connectivity index (χ4v) is 2.35. The molecule has 0 fully saturated rings. The van der Waals surface area contributed by atoms with Crippen LogP contribution in [0.4, 0.5) is 4.39 Å². The van der Waals surface area contributed by atoms with Gasteiger partial charge in [-0.15, -0.1) is 0 Å². The van der Waals surface area contributed by atoms with Gasteiger partial charge < -0.3 is 0 Å². The van der Waals surface area contributed by atoms with Crippen molar-refractivity contribution in [3.8, 4) is 11.4 Å². The monoisotopic (exact) mass is 286 g/mol. The Morgan fingerprint density at radius 2 is 1.80 bits per heavy atom. The van der Waals surface area contributed by atoms with Gasteiger partial charge >= 0.3 is 0 Å². The van der Waals surface area contributed by atoms with Gasteiger partial charge in [-0.25, -0.2) is 14.4 Å². The van der Waals surface area contributed by atoms with Crippen LogP contribution < -0.4 is 0 Å². The number of hydrogen-bond acceptors (Lipinski definition) is 2. The number of benzene rings is 2. The van der Waals surface area contributed by atoms with Crippen molar-refractivity contribution in [1.29, 1.82) is 0 Å². The Bertz CT molecular complexity index is 815. The van der Waals surface area contributed by atoms with Crippen LogP contribution in [0.15, 0.2) is 36.4 Å². The summed E-state index contributed by atoms with van der Waals surface area (Å²) in [6, 6.07) is 10.7. The van der Waals surface area contributed by atoms with Crippen LogP contribution in [0.25, 0.3) is 22.3 Å². The molecule has 0 spiro atoms. The highest BCUT2D eigenvalue weighted by Crippen LogP contribution is 2.27. The molecular formula is C16H12ClFN2. The van der Waals surface area contributed by atoms with Crippen LogP contribution in [0.1, 0.15) is 11.1 Å². The SMILES string of the molecule is Cc1ccc(-c2nc(Cl)c3cccc(C)c3n2)cc1F. The smallest absolute Gasteiger partial charge is 0.161 e. The summed E-state index contributed by atoms with van der Waals surface area (Å²) in [6.07, 6.45) is 0. The molecule has 100 valence electrons. The van der Waals surface area contributed by atoms with E-state index in [2.05, 4.69) is 9.97 Å². The van der Waals surface area contributed by atoms with E-state index in [4.69, 9.17) is 11.6 Å². The molecule has 0 radical (unpaired) electrons. The van der Waals surface area contributed by atoms with E-state index in [9.17, 15) is 4.39 Å². The quantitative estimate of drug-likeness (QED) is 0.606. The van der Waals surface area contributed by atoms with Crippen molar-refractivity contribution in [2.75, 3.05) is 0 Å². The van der Waals surface area contributed by atoms with Gasteiger partial charge in [0.05, 0.1) is 5.52 Å². The zero-order valence-electron chi connectivity index (χ0n) is 11.1. The largest absolute Gasteiger partial charge is 0.228 e. The molecule has 3 aromatic rings. The first-order valence-electron chi connectivity index (χ1n) is 6.25. The van der Waals surface area contributed by atoms with Gasteiger partial charge in [0.15, 0.2) is 5.82 Å². The fraction of sp³-hybridized carbons (Fsp3) is 0.125. The fourth-order valence-electron chi connectivity index (χ4n) is 2.12. The minimum absolute atomic E-state index is 0.271. The Morgan fingerprint density at radius 3 is 2.55 bits per heavy atom. The maximum Gasteiger partial charge on any atom is 0.161 e. The average Bonchev–Trinajstić information content (AvgIpc) is 2.43. The van der Waals surface area contributed by atoms with Crippen molar-refractivity contribution >= 4 is 22.5 Å². The lowest BCUT2D eigenvalue weighted by Crippen LogP contribution is -1.94. The molecule has 0 N–H and O–H groups in total. The second-order valence-electron chi connectivity index (χ2n) is 4.77. The third-order valence-corrected chi connectivity index (χ3v) is 3.60. The number of rotatable bonds is 1. The molecule has 2 nitrogen and oxygen atoms in total. The van der Waals surface area contributed by atoms with Gasteiger partial charge in [-0.2, -0.15) is 0 Å². The number of fused-ring (bicyclic) bond motifs is 1. The summed E-state index contributed by atoms with van der Waals surface area (Å²) in [5.41, 5.74) is 3.03. The molecule has 0 unspecified atom stereocenters. The van der Waals surface area contributed by atoms with E-state index in [0.717, 1.165) is 16.5 Å². The second kappa shape index (κ2) is 4.84. The molecule has 2 aromatic carbocycles. The summed E-state index contributed by atoms with van der Waals surface area (Å²) in [5, 5.41) is 1.19. The third-order valence-electron chi connectivity index (χ3n) is 3.31. The summed E-state index contributed by atoms with van der Waals surface area (Å²) in [4.78, 5) is 8.79. The molecular weight excluding hydrogens is 275 g/mol. The van der Waals surface area contributed by atoms with Gasteiger partial charge in [0.1, 0.15) is 11.0 Å². The van der Waals surface area contributed by atoms with Crippen LogP contribution in [0.5, 0.6) is 0 Å². The summed E-state index contributed by atoms with van der Waals surface area (Å²) in [5.74, 6) is 0.169. The number of hydrogen-bond donors (Lipinski definition) is 0. The van der Waals surface area contributed by atoms with Gasteiger partial charge in [-0.05, 0) is 37.1 Å². The minimum atomic E-state index is -0.271. The second-order valence-corrected chi connectivity index (χ2v) is 5.13. The van der Waals surface area contributed by atoms with E-state index in [1.54, 1.807) is 19.1 Å². The molecule has 0 saturated heterocycles. The van der Waals surface area contributed by atoms with E-state index in [-0.39, 0.29) is 5.82 Å². The molecule has 1 heterocycles.